The third-order valence-electron chi connectivity index (χ3n) is 49.0. The zero-order valence-corrected chi connectivity index (χ0v) is 93.1. The molecule has 24 atom stereocenters. The van der Waals surface area contributed by atoms with E-state index in [9.17, 15) is 0 Å². The monoisotopic (exact) mass is 1850 g/mol. The normalized spacial score (nSPS) is 40.7. The summed E-state index contributed by atoms with van der Waals surface area (Å²) in [5.74, 6) is 14.5. The first kappa shape index (κ1) is 101. The van der Waals surface area contributed by atoms with Crippen molar-refractivity contribution in [3.63, 3.8) is 0 Å². The number of methoxy groups -OCH3 is 2. The number of fused-ring (bicyclic) bond motifs is 30. The number of aryl methyl sites for hydroxylation is 8. The van der Waals surface area contributed by atoms with Crippen LogP contribution < -0.4 is 9.47 Å². The smallest absolute Gasteiger partial charge is 0.161 e. The van der Waals surface area contributed by atoms with Gasteiger partial charge in [-0.1, -0.05) is 305 Å². The number of ether oxygens (including phenoxy) is 2. The summed E-state index contributed by atoms with van der Waals surface area (Å²) in [6, 6.07) is 44.8. The number of rotatable bonds is 2. The summed E-state index contributed by atoms with van der Waals surface area (Å²) in [6.07, 6.45) is 59.1. The Balaban J connectivity index is 0.000000105. The lowest BCUT2D eigenvalue weighted by molar-refractivity contribution is -0.110. The van der Waals surface area contributed by atoms with Gasteiger partial charge in [-0.25, -0.2) is 0 Å². The lowest BCUT2D eigenvalue weighted by atomic mass is 9.40. The summed E-state index contributed by atoms with van der Waals surface area (Å²) in [6.45, 7) is 63.7. The van der Waals surface area contributed by atoms with Gasteiger partial charge in [0.05, 0.1) is 14.2 Å². The zero-order valence-electron chi connectivity index (χ0n) is 93.1. The van der Waals surface area contributed by atoms with Gasteiger partial charge in [-0.3, -0.25) is 0 Å². The Labute approximate surface area is 840 Å². The second kappa shape index (κ2) is 36.2. The minimum atomic E-state index is 0.270. The Hall–Kier alpha value is -5.08. The summed E-state index contributed by atoms with van der Waals surface area (Å²) in [5.41, 5.74) is 32.1. The van der Waals surface area contributed by atoms with Crippen LogP contribution in [0.1, 0.15) is 473 Å². The summed E-state index contributed by atoms with van der Waals surface area (Å²) in [5, 5.41) is 0. The van der Waals surface area contributed by atoms with E-state index in [0.29, 0.717) is 81.2 Å². The van der Waals surface area contributed by atoms with E-state index >= 15 is 0 Å². The van der Waals surface area contributed by atoms with E-state index in [-0.39, 0.29) is 5.41 Å². The molecule has 2 nitrogen and oxygen atoms in total. The molecular formula is C135H198O2. The molecule has 0 aliphatic heterocycles. The summed E-state index contributed by atoms with van der Waals surface area (Å²) < 4.78 is 11.2. The quantitative estimate of drug-likeness (QED) is 0.172. The van der Waals surface area contributed by atoms with Crippen molar-refractivity contribution in [2.75, 3.05) is 14.2 Å². The highest BCUT2D eigenvalue weighted by molar-refractivity contribution is 5.53. The van der Waals surface area contributed by atoms with Crippen LogP contribution in [0, 0.1) is 157 Å². The van der Waals surface area contributed by atoms with Gasteiger partial charge in [0.15, 0.2) is 11.5 Å². The van der Waals surface area contributed by atoms with Gasteiger partial charge < -0.3 is 9.47 Å². The molecule has 0 bridgehead atoms. The predicted molar refractivity (Wildman–Crippen MR) is 582 cm³/mol. The van der Waals surface area contributed by atoms with Crippen LogP contribution >= 0.6 is 0 Å². The Kier molecular flexibility index (Phi) is 26.6. The first-order valence-electron chi connectivity index (χ1n) is 58.3. The van der Waals surface area contributed by atoms with Crippen LogP contribution in [0.3, 0.4) is 0 Å². The molecule has 0 amide bonds. The van der Waals surface area contributed by atoms with E-state index in [4.69, 9.17) is 9.47 Å². The van der Waals surface area contributed by atoms with Crippen LogP contribution in [0.15, 0.2) is 115 Å². The Bertz CT molecular complexity index is 5300. The molecule has 0 N–H and O–H groups in total. The second-order valence-corrected chi connectivity index (χ2v) is 58.4. The van der Waals surface area contributed by atoms with Crippen molar-refractivity contribution in [1.82, 2.24) is 0 Å². The number of hydrogen-bond acceptors (Lipinski definition) is 2. The summed E-state index contributed by atoms with van der Waals surface area (Å²) in [7, 11) is 3.50. The first-order valence-corrected chi connectivity index (χ1v) is 58.3. The van der Waals surface area contributed by atoms with E-state index in [1.807, 2.05) is 0 Å². The highest BCUT2D eigenvalue weighted by Crippen LogP contribution is 2.74. The van der Waals surface area contributed by atoms with Crippen molar-refractivity contribution < 1.29 is 9.47 Å². The van der Waals surface area contributed by atoms with Crippen LogP contribution in [0.2, 0.25) is 0 Å². The van der Waals surface area contributed by atoms with Crippen molar-refractivity contribution in [3.8, 4) is 11.5 Å². The van der Waals surface area contributed by atoms with E-state index in [1.165, 1.54) is 297 Å². The van der Waals surface area contributed by atoms with Gasteiger partial charge in [-0.2, -0.15) is 0 Å². The third kappa shape index (κ3) is 16.7. The van der Waals surface area contributed by atoms with Gasteiger partial charge in [-0.05, 0) is 506 Å². The molecule has 6 aromatic carbocycles. The SMILES string of the molecule is CC1(C)CCCC2C3CCc4ccccc4C3CCC21.CC1(C)CCC[C@@]2(C)C1CC[C@@]1(C)c3ccccc3CCC21.COc1cc2c(cc1OC)[C@]1(C)CCC3C(C)(C)CCC[C@]3(C)C1CC2.Cc1ccc2c(c1)CCC1[C@@]3(C)CCCC(C)(C)C3CC[C@@]21C.Cc1ccc2c(c1)[C@]1(C)CCC3C(C)(C)CCC[C@]3(C)C1CC2.Cc1cccc2c1CCC1C2(C)CCC2C(C)(C)CCCC21C. The van der Waals surface area contributed by atoms with E-state index in [0.717, 1.165) is 94.3 Å². The molecule has 137 heavy (non-hydrogen) atoms. The molecule has 0 heterocycles. The standard InChI is InChI=1S/C24H36O2.3C23H34.C22H32.C20H28/c1-22(2)11-7-12-24(4)20(22)10-13-23(3)17-15-19(26-6)18(25-5)14-16(17)8-9-21(23)24;1-16-7-9-18-17(15-16)8-10-20-22(18,4)14-11-19-21(2,3)12-6-13-23(19,20)5;1-16-7-8-17-9-10-20-22(4,18(17)15-16)14-11-19-21(2,3)12-6-13-23(19,20)5;1-16-8-6-9-18-17(16)10-11-20-22(18,4)15-12-19-21(2,3)13-7-14-23(19,20)5;1-20(2)13-7-14-22(4)18(20)12-15-21(3)17-9-6-5-8-16(17)10-11-19(21)22;1-20(2)13-5-8-18-17-10-9-14-6-3-4-7-15(14)16(17)11-12-19(18)20/h14-15,20-21H,7-13H2,1-6H3;7,9,15,19-20H,6,8,10-14H2,1-5H3;7-8,15,19-20H,6,9-14H2,1-5H3;6,8-9,19-20H,7,10-15H2,1-5H3;5-6,8-9,18-19H,7,10-15H2,1-4H3;3-4,6-7,16-19H,5,8-13H2,1-2H3/t20?,21?,23-,24-;2*19?,20?,22-,23-;;18?,19?,21-,22-;/m000.0./s1. The lowest BCUT2D eigenvalue weighted by Crippen LogP contribution is -2.57. The third-order valence-corrected chi connectivity index (χ3v) is 49.0. The maximum Gasteiger partial charge on any atom is 0.161 e. The average molecular weight is 1850 g/mol. The highest BCUT2D eigenvalue weighted by Gasteiger charge is 2.67. The van der Waals surface area contributed by atoms with Gasteiger partial charge in [0.2, 0.25) is 0 Å². The molecule has 2 heteroatoms. The number of benzene rings is 6. The average Bonchev–Trinajstić information content (AvgIpc) is 0.613. The summed E-state index contributed by atoms with van der Waals surface area (Å²) in [4.78, 5) is 0. The van der Waals surface area contributed by atoms with Crippen molar-refractivity contribution in [2.45, 2.75) is 476 Å². The van der Waals surface area contributed by atoms with E-state index < -0.39 is 0 Å². The fraction of sp³-hybridized carbons (Fsp3) is 0.733. The van der Waals surface area contributed by atoms with Crippen LogP contribution in [0.4, 0.5) is 0 Å². The molecule has 24 rings (SSSR count). The van der Waals surface area contributed by atoms with Gasteiger partial charge in [-0.15, -0.1) is 0 Å². The molecule has 0 spiro atoms. The Morgan fingerprint density at radius 1 is 0.234 bits per heavy atom. The molecule has 16 unspecified atom stereocenters. The Morgan fingerprint density at radius 3 is 1.05 bits per heavy atom. The largest absolute Gasteiger partial charge is 0.493 e. The van der Waals surface area contributed by atoms with Crippen LogP contribution in [0.25, 0.3) is 0 Å². The summed E-state index contributed by atoms with van der Waals surface area (Å²) >= 11 is 0. The molecule has 0 saturated heterocycles. The molecule has 18 aliphatic rings. The number of hydrogen-bond donors (Lipinski definition) is 0. The Morgan fingerprint density at radius 2 is 0.584 bits per heavy atom. The van der Waals surface area contributed by atoms with Crippen molar-refractivity contribution in [1.29, 1.82) is 0 Å². The van der Waals surface area contributed by atoms with Crippen molar-refractivity contribution >= 4 is 0 Å². The molecule has 6 aromatic rings. The van der Waals surface area contributed by atoms with Gasteiger partial charge >= 0.3 is 0 Å². The van der Waals surface area contributed by atoms with Gasteiger partial charge in [0.25, 0.3) is 0 Å². The molecule has 0 aromatic heterocycles. The molecule has 12 saturated carbocycles. The minimum absolute atomic E-state index is 0.270. The van der Waals surface area contributed by atoms with E-state index in [1.54, 1.807) is 69.9 Å². The topological polar surface area (TPSA) is 18.5 Å². The molecule has 12 fully saturated rings. The molecule has 0 radical (unpaired) electrons. The fourth-order valence-corrected chi connectivity index (χ4v) is 43.0. The molecule has 750 valence electrons. The predicted octanol–water partition coefficient (Wildman–Crippen LogP) is 37.2. The highest BCUT2D eigenvalue weighted by atomic mass is 16.5. The van der Waals surface area contributed by atoms with Crippen LogP contribution in [-0.2, 0) is 65.6 Å². The van der Waals surface area contributed by atoms with Crippen LogP contribution in [0.5, 0.6) is 11.5 Å². The van der Waals surface area contributed by atoms with Gasteiger partial charge in [0.1, 0.15) is 0 Å². The first-order chi connectivity index (χ1) is 64.6. The van der Waals surface area contributed by atoms with Crippen molar-refractivity contribution in [2.24, 2.45) is 136 Å². The van der Waals surface area contributed by atoms with Crippen molar-refractivity contribution in [3.05, 3.63) is 199 Å². The maximum atomic E-state index is 5.67. The minimum Gasteiger partial charge on any atom is -0.493 e. The van der Waals surface area contributed by atoms with Crippen LogP contribution in [-0.4, -0.2) is 14.2 Å². The van der Waals surface area contributed by atoms with E-state index in [2.05, 4.69) is 288 Å². The van der Waals surface area contributed by atoms with Gasteiger partial charge in [0, 0.05) is 0 Å². The lowest BCUT2D eigenvalue weighted by Gasteiger charge is -2.64. The zero-order chi connectivity index (χ0) is 97.4. The molecular weight excluding hydrogens is 1650 g/mol. The maximum absolute atomic E-state index is 5.67. The second-order valence-electron chi connectivity index (χ2n) is 58.4. The molecule has 18 aliphatic carbocycles. The fourth-order valence-electron chi connectivity index (χ4n) is 43.0.